The van der Waals surface area contributed by atoms with E-state index in [1.807, 2.05) is 19.1 Å². The number of carbonyl (C=O) groups is 1. The van der Waals surface area contributed by atoms with Gasteiger partial charge in [0.25, 0.3) is 0 Å². The molecule has 106 valence electrons. The molecule has 3 N–H and O–H groups in total. The van der Waals surface area contributed by atoms with Crippen LogP contribution in [0.4, 0.5) is 0 Å². The molecule has 20 heavy (non-hydrogen) atoms. The Bertz CT molecular complexity index is 503. The second-order valence-corrected chi connectivity index (χ2v) is 5.50. The normalized spacial score (nSPS) is 23.1. The van der Waals surface area contributed by atoms with Crippen molar-refractivity contribution in [2.45, 2.75) is 32.2 Å². The summed E-state index contributed by atoms with van der Waals surface area (Å²) in [5.41, 5.74) is 7.37. The Morgan fingerprint density at radius 2 is 2.15 bits per heavy atom. The lowest BCUT2D eigenvalue weighted by Crippen LogP contribution is -2.36. The fourth-order valence-electron chi connectivity index (χ4n) is 2.91. The van der Waals surface area contributed by atoms with Crippen molar-refractivity contribution < 1.29 is 4.79 Å². The van der Waals surface area contributed by atoms with E-state index >= 15 is 0 Å². The van der Waals surface area contributed by atoms with Gasteiger partial charge in [-0.2, -0.15) is 5.26 Å². The molecule has 4 heteroatoms. The number of amides is 1. The number of nitrogens with zero attached hydrogens (tertiary/aromatic N) is 1. The smallest absolute Gasteiger partial charge is 0.223 e. The van der Waals surface area contributed by atoms with Gasteiger partial charge >= 0.3 is 0 Å². The second-order valence-electron chi connectivity index (χ2n) is 5.50. The fourth-order valence-corrected chi connectivity index (χ4v) is 2.91. The summed E-state index contributed by atoms with van der Waals surface area (Å²) in [6.45, 7) is 2.55. The standard InChI is InChI=1S/C16H21N3O/c1-11(13-7-5-12(9-17)6-8-13)19-16(20)15-4-2-3-14(15)10-18/h5-8,11,14-15H,2-4,10,18H2,1H3,(H,19,20). The van der Waals surface area contributed by atoms with Crippen molar-refractivity contribution in [3.63, 3.8) is 0 Å². The minimum absolute atomic E-state index is 0.0470. The van der Waals surface area contributed by atoms with Crippen LogP contribution in [-0.2, 0) is 4.79 Å². The maximum absolute atomic E-state index is 12.3. The van der Waals surface area contributed by atoms with Gasteiger partial charge in [-0.3, -0.25) is 4.79 Å². The second kappa shape index (κ2) is 6.53. The topological polar surface area (TPSA) is 78.9 Å². The third kappa shape index (κ3) is 3.17. The molecule has 0 bridgehead atoms. The fraction of sp³-hybridized carbons (Fsp3) is 0.500. The van der Waals surface area contributed by atoms with Crippen molar-refractivity contribution in [1.29, 1.82) is 5.26 Å². The number of carbonyl (C=O) groups excluding carboxylic acids is 1. The summed E-state index contributed by atoms with van der Waals surface area (Å²) in [5.74, 6) is 0.485. The molecule has 1 saturated carbocycles. The maximum Gasteiger partial charge on any atom is 0.223 e. The van der Waals surface area contributed by atoms with Gasteiger partial charge in [0.15, 0.2) is 0 Å². The monoisotopic (exact) mass is 271 g/mol. The molecule has 1 aliphatic rings. The van der Waals surface area contributed by atoms with Crippen LogP contribution in [0.2, 0.25) is 0 Å². The average molecular weight is 271 g/mol. The number of hydrogen-bond donors (Lipinski definition) is 2. The van der Waals surface area contributed by atoms with Crippen molar-refractivity contribution in [3.05, 3.63) is 35.4 Å². The largest absolute Gasteiger partial charge is 0.349 e. The van der Waals surface area contributed by atoms with Crippen LogP contribution in [0.15, 0.2) is 24.3 Å². The van der Waals surface area contributed by atoms with Gasteiger partial charge in [0.2, 0.25) is 5.91 Å². The average Bonchev–Trinajstić information content (AvgIpc) is 2.95. The molecule has 1 amide bonds. The van der Waals surface area contributed by atoms with Crippen LogP contribution in [0.5, 0.6) is 0 Å². The van der Waals surface area contributed by atoms with E-state index in [4.69, 9.17) is 11.0 Å². The molecule has 3 unspecified atom stereocenters. The summed E-state index contributed by atoms with van der Waals surface area (Å²) in [5, 5.41) is 11.8. The van der Waals surface area contributed by atoms with Crippen LogP contribution in [0.25, 0.3) is 0 Å². The summed E-state index contributed by atoms with van der Waals surface area (Å²) in [6, 6.07) is 9.37. The Morgan fingerprint density at radius 3 is 2.75 bits per heavy atom. The molecule has 1 fully saturated rings. The van der Waals surface area contributed by atoms with Crippen LogP contribution >= 0.6 is 0 Å². The van der Waals surface area contributed by atoms with Gasteiger partial charge in [0, 0.05) is 5.92 Å². The molecule has 4 nitrogen and oxygen atoms in total. The maximum atomic E-state index is 12.3. The Labute approximate surface area is 120 Å². The molecule has 1 aromatic rings. The van der Waals surface area contributed by atoms with Crippen LogP contribution in [-0.4, -0.2) is 12.5 Å². The van der Waals surface area contributed by atoms with Gasteiger partial charge in [-0.05, 0) is 49.9 Å². The van der Waals surface area contributed by atoms with Crippen molar-refractivity contribution in [1.82, 2.24) is 5.32 Å². The molecule has 0 radical (unpaired) electrons. The van der Waals surface area contributed by atoms with Crippen molar-refractivity contribution in [3.8, 4) is 6.07 Å². The van der Waals surface area contributed by atoms with E-state index in [-0.39, 0.29) is 17.9 Å². The summed E-state index contributed by atoms with van der Waals surface area (Å²) in [4.78, 5) is 12.3. The number of benzene rings is 1. The van der Waals surface area contributed by atoms with E-state index in [1.54, 1.807) is 12.1 Å². The predicted octanol–water partition coefficient (Wildman–Crippen LogP) is 2.11. The lowest BCUT2D eigenvalue weighted by atomic mass is 9.94. The quantitative estimate of drug-likeness (QED) is 0.880. The molecule has 0 saturated heterocycles. The zero-order valence-electron chi connectivity index (χ0n) is 11.8. The molecule has 0 aromatic heterocycles. The van der Waals surface area contributed by atoms with Crippen LogP contribution < -0.4 is 11.1 Å². The number of nitrogens with one attached hydrogen (secondary N) is 1. The predicted molar refractivity (Wildman–Crippen MR) is 77.6 cm³/mol. The SMILES string of the molecule is CC(NC(=O)C1CCCC1CN)c1ccc(C#N)cc1. The molecule has 1 aromatic carbocycles. The highest BCUT2D eigenvalue weighted by Gasteiger charge is 2.32. The van der Waals surface area contributed by atoms with E-state index < -0.39 is 0 Å². The third-order valence-corrected chi connectivity index (χ3v) is 4.20. The number of nitrogens with two attached hydrogens (primary N) is 1. The van der Waals surface area contributed by atoms with Crippen molar-refractivity contribution in [2.24, 2.45) is 17.6 Å². The van der Waals surface area contributed by atoms with E-state index in [1.165, 1.54) is 0 Å². The Morgan fingerprint density at radius 1 is 1.45 bits per heavy atom. The van der Waals surface area contributed by atoms with Crippen LogP contribution in [0, 0.1) is 23.2 Å². The highest BCUT2D eigenvalue weighted by Crippen LogP contribution is 2.31. The highest BCUT2D eigenvalue weighted by atomic mass is 16.2. The molecule has 2 rings (SSSR count). The number of rotatable bonds is 4. The lowest BCUT2D eigenvalue weighted by Gasteiger charge is -2.21. The minimum Gasteiger partial charge on any atom is -0.349 e. The number of nitriles is 1. The molecule has 0 heterocycles. The molecular formula is C16H21N3O. The van der Waals surface area contributed by atoms with Gasteiger partial charge in [-0.25, -0.2) is 0 Å². The first kappa shape index (κ1) is 14.5. The summed E-state index contributed by atoms with van der Waals surface area (Å²) in [6.07, 6.45) is 3.08. The zero-order chi connectivity index (χ0) is 14.5. The van der Waals surface area contributed by atoms with Gasteiger partial charge in [0.1, 0.15) is 0 Å². The third-order valence-electron chi connectivity index (χ3n) is 4.20. The van der Waals surface area contributed by atoms with Crippen LogP contribution in [0.3, 0.4) is 0 Å². The van der Waals surface area contributed by atoms with E-state index in [2.05, 4.69) is 11.4 Å². The van der Waals surface area contributed by atoms with Gasteiger partial charge in [-0.15, -0.1) is 0 Å². The zero-order valence-corrected chi connectivity index (χ0v) is 11.8. The van der Waals surface area contributed by atoms with E-state index in [0.717, 1.165) is 24.8 Å². The summed E-state index contributed by atoms with van der Waals surface area (Å²) in [7, 11) is 0. The Balaban J connectivity index is 1.98. The molecule has 0 spiro atoms. The number of hydrogen-bond acceptors (Lipinski definition) is 3. The first-order valence-corrected chi connectivity index (χ1v) is 7.16. The highest BCUT2D eigenvalue weighted by molar-refractivity contribution is 5.79. The van der Waals surface area contributed by atoms with Gasteiger partial charge in [-0.1, -0.05) is 18.6 Å². The summed E-state index contributed by atoms with van der Waals surface area (Å²) < 4.78 is 0. The van der Waals surface area contributed by atoms with Crippen molar-refractivity contribution >= 4 is 5.91 Å². The lowest BCUT2D eigenvalue weighted by molar-refractivity contribution is -0.126. The molecular weight excluding hydrogens is 250 g/mol. The molecule has 0 aliphatic heterocycles. The molecule has 1 aliphatic carbocycles. The van der Waals surface area contributed by atoms with Crippen LogP contribution in [0.1, 0.15) is 43.4 Å². The van der Waals surface area contributed by atoms with E-state index in [9.17, 15) is 4.79 Å². The van der Waals surface area contributed by atoms with Gasteiger partial charge < -0.3 is 11.1 Å². The minimum atomic E-state index is -0.0470. The first-order chi connectivity index (χ1) is 9.65. The van der Waals surface area contributed by atoms with E-state index in [0.29, 0.717) is 18.0 Å². The molecule has 3 atom stereocenters. The van der Waals surface area contributed by atoms with Crippen molar-refractivity contribution in [2.75, 3.05) is 6.54 Å². The van der Waals surface area contributed by atoms with Gasteiger partial charge in [0.05, 0.1) is 17.7 Å². The summed E-state index contributed by atoms with van der Waals surface area (Å²) >= 11 is 0. The Hall–Kier alpha value is -1.86. The first-order valence-electron chi connectivity index (χ1n) is 7.16. The Kier molecular flexibility index (Phi) is 4.75.